The lowest BCUT2D eigenvalue weighted by atomic mass is 9.97. The summed E-state index contributed by atoms with van der Waals surface area (Å²) in [6.45, 7) is 2.81. The standard InChI is InChI=1S/C31H33N7O3/c1-18-5-4-6-26(34-18)35-31(41)29-20-8-10-21(13-20)38(29)28(39)17-36-16-23(30(32)40)22-14-19(9-11-24(22)36)25-15-33-27-7-2-3-12-37(25)27/h4-6,9,11,14-16,20-21,29H,2-3,7-8,10,12-13,17H2,1H3,(H2,32,40)(H,34,35,41). The molecule has 1 aliphatic carbocycles. The summed E-state index contributed by atoms with van der Waals surface area (Å²) in [7, 11) is 0. The van der Waals surface area contributed by atoms with Crippen molar-refractivity contribution < 1.29 is 14.4 Å². The fourth-order valence-corrected chi connectivity index (χ4v) is 7.15. The molecule has 3 amide bonds. The second-order valence-corrected chi connectivity index (χ2v) is 11.6. The Hall–Kier alpha value is -4.47. The minimum absolute atomic E-state index is 0.0148. The molecule has 1 saturated carbocycles. The van der Waals surface area contributed by atoms with E-state index in [9.17, 15) is 14.4 Å². The van der Waals surface area contributed by atoms with E-state index in [1.165, 1.54) is 0 Å². The highest BCUT2D eigenvalue weighted by molar-refractivity contribution is 6.07. The van der Waals surface area contributed by atoms with Crippen molar-refractivity contribution in [3.8, 4) is 11.3 Å². The maximum atomic E-state index is 13.8. The van der Waals surface area contributed by atoms with E-state index in [1.807, 2.05) is 43.5 Å². The van der Waals surface area contributed by atoms with Gasteiger partial charge in [0.05, 0.1) is 17.5 Å². The van der Waals surface area contributed by atoms with Gasteiger partial charge in [0.1, 0.15) is 24.2 Å². The summed E-state index contributed by atoms with van der Waals surface area (Å²) in [6, 6.07) is 10.9. The Balaban J connectivity index is 1.18. The van der Waals surface area contributed by atoms with Crippen LogP contribution < -0.4 is 11.1 Å². The molecule has 2 aliphatic heterocycles. The lowest BCUT2D eigenvalue weighted by molar-refractivity contribution is -0.141. The van der Waals surface area contributed by atoms with Crippen molar-refractivity contribution in [2.45, 2.75) is 70.6 Å². The number of amides is 3. The molecule has 3 aromatic heterocycles. The number of carbonyl (C=O) groups is 3. The highest BCUT2D eigenvalue weighted by Gasteiger charge is 2.51. The molecular formula is C31H33N7O3. The molecule has 3 unspecified atom stereocenters. The molecule has 3 N–H and O–H groups in total. The van der Waals surface area contributed by atoms with Crippen molar-refractivity contribution in [2.75, 3.05) is 5.32 Å². The van der Waals surface area contributed by atoms with Gasteiger partial charge in [0.25, 0.3) is 5.91 Å². The minimum atomic E-state index is -0.545. The molecule has 1 saturated heterocycles. The normalized spacial score (nSPS) is 21.3. The number of piperidine rings is 1. The summed E-state index contributed by atoms with van der Waals surface area (Å²) < 4.78 is 4.03. The third-order valence-corrected chi connectivity index (χ3v) is 9.00. The first-order valence-corrected chi connectivity index (χ1v) is 14.4. The van der Waals surface area contributed by atoms with Gasteiger partial charge in [-0.15, -0.1) is 0 Å². The number of benzene rings is 1. The van der Waals surface area contributed by atoms with E-state index in [0.29, 0.717) is 16.8 Å². The Bertz CT molecular complexity index is 1700. The molecule has 3 atom stereocenters. The van der Waals surface area contributed by atoms with Crippen LogP contribution in [0.4, 0.5) is 5.82 Å². The van der Waals surface area contributed by atoms with Gasteiger partial charge in [0.15, 0.2) is 0 Å². The van der Waals surface area contributed by atoms with Gasteiger partial charge in [-0.05, 0) is 69.2 Å². The van der Waals surface area contributed by atoms with E-state index in [-0.39, 0.29) is 30.3 Å². The number of pyridine rings is 1. The van der Waals surface area contributed by atoms with Crippen molar-refractivity contribution in [1.82, 2.24) is 24.0 Å². The molecule has 2 bridgehead atoms. The molecule has 4 aromatic rings. The second-order valence-electron chi connectivity index (χ2n) is 11.6. The number of primary amides is 1. The first kappa shape index (κ1) is 25.5. The molecule has 10 heteroatoms. The molecular weight excluding hydrogens is 518 g/mol. The van der Waals surface area contributed by atoms with Crippen LogP contribution in [-0.4, -0.2) is 53.8 Å². The Kier molecular flexibility index (Phi) is 6.13. The van der Waals surface area contributed by atoms with Gasteiger partial charge in [0.2, 0.25) is 11.8 Å². The van der Waals surface area contributed by atoms with Crippen molar-refractivity contribution >= 4 is 34.4 Å². The zero-order valence-corrected chi connectivity index (χ0v) is 23.0. The fourth-order valence-electron chi connectivity index (χ4n) is 7.15. The molecule has 0 radical (unpaired) electrons. The zero-order valence-electron chi connectivity index (χ0n) is 23.0. The van der Waals surface area contributed by atoms with Crippen molar-refractivity contribution in [1.29, 1.82) is 0 Å². The van der Waals surface area contributed by atoms with Gasteiger partial charge >= 0.3 is 0 Å². The average molecular weight is 552 g/mol. The third-order valence-electron chi connectivity index (χ3n) is 9.00. The predicted molar refractivity (Wildman–Crippen MR) is 154 cm³/mol. The quantitative estimate of drug-likeness (QED) is 0.378. The number of carbonyl (C=O) groups excluding carboxylic acids is 3. The van der Waals surface area contributed by atoms with Crippen LogP contribution in [0.25, 0.3) is 22.2 Å². The largest absolute Gasteiger partial charge is 0.366 e. The number of aryl methyl sites for hydroxylation is 2. The number of rotatable bonds is 6. The minimum Gasteiger partial charge on any atom is -0.366 e. The predicted octanol–water partition coefficient (Wildman–Crippen LogP) is 3.66. The van der Waals surface area contributed by atoms with Crippen LogP contribution in [0.5, 0.6) is 0 Å². The molecule has 5 heterocycles. The second kappa shape index (κ2) is 9.87. The molecule has 7 rings (SSSR count). The lowest BCUT2D eigenvalue weighted by Gasteiger charge is -2.34. The number of hydrogen-bond acceptors (Lipinski definition) is 5. The Labute approximate surface area is 237 Å². The molecule has 1 aromatic carbocycles. The van der Waals surface area contributed by atoms with Gasteiger partial charge < -0.3 is 25.1 Å². The van der Waals surface area contributed by atoms with Crippen LogP contribution in [0, 0.1) is 12.8 Å². The van der Waals surface area contributed by atoms with Gasteiger partial charge in [0, 0.05) is 47.4 Å². The average Bonchev–Trinajstić information content (AvgIpc) is 3.75. The number of fused-ring (bicyclic) bond motifs is 4. The number of imidazole rings is 1. The van der Waals surface area contributed by atoms with Crippen molar-refractivity contribution in [3.05, 3.63) is 65.9 Å². The fraction of sp³-hybridized carbons (Fsp3) is 0.387. The molecule has 2 fully saturated rings. The number of nitrogens with two attached hydrogens (primary N) is 1. The Morgan fingerprint density at radius 3 is 2.83 bits per heavy atom. The number of nitrogens with zero attached hydrogens (tertiary/aromatic N) is 5. The summed E-state index contributed by atoms with van der Waals surface area (Å²) >= 11 is 0. The molecule has 41 heavy (non-hydrogen) atoms. The highest BCUT2D eigenvalue weighted by Crippen LogP contribution is 2.43. The monoisotopic (exact) mass is 551 g/mol. The molecule has 0 spiro atoms. The van der Waals surface area contributed by atoms with Gasteiger partial charge in [-0.2, -0.15) is 0 Å². The molecule has 10 nitrogen and oxygen atoms in total. The van der Waals surface area contributed by atoms with Crippen LogP contribution in [-0.2, 0) is 29.1 Å². The van der Waals surface area contributed by atoms with E-state index in [0.717, 1.165) is 73.4 Å². The van der Waals surface area contributed by atoms with Crippen LogP contribution in [0.1, 0.15) is 54.0 Å². The van der Waals surface area contributed by atoms with E-state index < -0.39 is 11.9 Å². The number of likely N-dealkylation sites (tertiary alicyclic amines) is 1. The Morgan fingerprint density at radius 1 is 1.12 bits per heavy atom. The van der Waals surface area contributed by atoms with Gasteiger partial charge in [-0.1, -0.05) is 12.1 Å². The smallest absolute Gasteiger partial charge is 0.250 e. The number of aromatic nitrogens is 4. The van der Waals surface area contributed by atoms with Gasteiger partial charge in [-0.25, -0.2) is 9.97 Å². The number of anilines is 1. The van der Waals surface area contributed by atoms with Crippen molar-refractivity contribution in [3.63, 3.8) is 0 Å². The third kappa shape index (κ3) is 4.38. The summed E-state index contributed by atoms with van der Waals surface area (Å²) in [5.74, 6) is 0.811. The SMILES string of the molecule is Cc1cccc(NC(=O)C2C3CCC(C3)N2C(=O)Cn2cc(C(N)=O)c3cc(-c4cnc5n4CCCC5)ccc32)n1. The van der Waals surface area contributed by atoms with Crippen LogP contribution in [0.3, 0.4) is 0 Å². The number of nitrogens with one attached hydrogen (secondary N) is 1. The Morgan fingerprint density at radius 2 is 2.00 bits per heavy atom. The summed E-state index contributed by atoms with van der Waals surface area (Å²) in [4.78, 5) is 50.5. The number of hydrogen-bond donors (Lipinski definition) is 2. The summed E-state index contributed by atoms with van der Waals surface area (Å²) in [5.41, 5.74) is 9.71. The van der Waals surface area contributed by atoms with E-state index in [2.05, 4.69) is 19.9 Å². The van der Waals surface area contributed by atoms with E-state index in [4.69, 9.17) is 5.73 Å². The molecule has 3 aliphatic rings. The van der Waals surface area contributed by atoms with Crippen molar-refractivity contribution in [2.24, 2.45) is 11.7 Å². The maximum Gasteiger partial charge on any atom is 0.250 e. The van der Waals surface area contributed by atoms with Crippen LogP contribution >= 0.6 is 0 Å². The van der Waals surface area contributed by atoms with Gasteiger partial charge in [-0.3, -0.25) is 14.4 Å². The molecule has 210 valence electrons. The highest BCUT2D eigenvalue weighted by atomic mass is 16.2. The summed E-state index contributed by atoms with van der Waals surface area (Å²) in [5, 5.41) is 3.63. The maximum absolute atomic E-state index is 13.8. The first-order valence-electron chi connectivity index (χ1n) is 14.4. The summed E-state index contributed by atoms with van der Waals surface area (Å²) in [6.07, 6.45) is 9.42. The van der Waals surface area contributed by atoms with Crippen LogP contribution in [0.2, 0.25) is 0 Å². The zero-order chi connectivity index (χ0) is 28.2. The van der Waals surface area contributed by atoms with E-state index >= 15 is 0 Å². The first-order chi connectivity index (χ1) is 19.9. The van der Waals surface area contributed by atoms with E-state index in [1.54, 1.807) is 21.7 Å². The lowest BCUT2D eigenvalue weighted by Crippen LogP contribution is -2.51. The topological polar surface area (TPSA) is 128 Å². The van der Waals surface area contributed by atoms with Crippen LogP contribution in [0.15, 0.2) is 48.8 Å².